The van der Waals surface area contributed by atoms with Crippen molar-refractivity contribution in [3.63, 3.8) is 0 Å². The van der Waals surface area contributed by atoms with Crippen LogP contribution in [-0.4, -0.2) is 55.3 Å². The number of rotatable bonds is 4. The molecule has 15 heavy (non-hydrogen) atoms. The van der Waals surface area contributed by atoms with Crippen LogP contribution in [0.1, 0.15) is 19.8 Å². The molecule has 1 atom stereocenters. The highest BCUT2D eigenvalue weighted by molar-refractivity contribution is 5.72. The Morgan fingerprint density at radius 1 is 1.47 bits per heavy atom. The standard InChI is InChI=1S/C11H22N2O2/c1-9(11(14)15)12-8-10-4-6-13(2,3)7-5-10/h9-10,12H,4-8H2,1-3H3/p+1/t9-/m1/s1. The van der Waals surface area contributed by atoms with Crippen molar-refractivity contribution in [2.45, 2.75) is 25.8 Å². The van der Waals surface area contributed by atoms with E-state index in [2.05, 4.69) is 19.4 Å². The fraction of sp³-hybridized carbons (Fsp3) is 0.909. The monoisotopic (exact) mass is 215 g/mol. The molecule has 4 heteroatoms. The Morgan fingerprint density at radius 3 is 2.47 bits per heavy atom. The molecule has 0 spiro atoms. The van der Waals surface area contributed by atoms with Crippen LogP contribution in [0.3, 0.4) is 0 Å². The van der Waals surface area contributed by atoms with Gasteiger partial charge in [-0.1, -0.05) is 0 Å². The van der Waals surface area contributed by atoms with E-state index in [1.165, 1.54) is 25.9 Å². The second kappa shape index (κ2) is 4.94. The Bertz CT molecular complexity index is 219. The first-order valence-electron chi connectivity index (χ1n) is 5.69. The Morgan fingerprint density at radius 2 is 2.00 bits per heavy atom. The molecule has 0 aromatic carbocycles. The molecule has 0 aromatic rings. The molecule has 4 nitrogen and oxygen atoms in total. The Labute approximate surface area is 91.9 Å². The summed E-state index contributed by atoms with van der Waals surface area (Å²) < 4.78 is 1.10. The fourth-order valence-corrected chi connectivity index (χ4v) is 1.96. The van der Waals surface area contributed by atoms with E-state index in [4.69, 9.17) is 5.11 Å². The molecule has 0 radical (unpaired) electrons. The van der Waals surface area contributed by atoms with Crippen molar-refractivity contribution in [1.82, 2.24) is 5.32 Å². The van der Waals surface area contributed by atoms with Gasteiger partial charge in [0.25, 0.3) is 0 Å². The number of aliphatic carboxylic acids is 1. The highest BCUT2D eigenvalue weighted by Gasteiger charge is 2.26. The van der Waals surface area contributed by atoms with Crippen molar-refractivity contribution in [2.75, 3.05) is 33.7 Å². The lowest BCUT2D eigenvalue weighted by molar-refractivity contribution is -0.896. The van der Waals surface area contributed by atoms with Gasteiger partial charge in [0.1, 0.15) is 6.04 Å². The van der Waals surface area contributed by atoms with Crippen molar-refractivity contribution in [1.29, 1.82) is 0 Å². The molecule has 88 valence electrons. The number of quaternary nitrogens is 1. The zero-order chi connectivity index (χ0) is 11.5. The van der Waals surface area contributed by atoms with E-state index in [1.807, 2.05) is 0 Å². The van der Waals surface area contributed by atoms with Crippen molar-refractivity contribution in [3.05, 3.63) is 0 Å². The number of hydrogen-bond acceptors (Lipinski definition) is 2. The first-order chi connectivity index (χ1) is 6.91. The van der Waals surface area contributed by atoms with Gasteiger partial charge in [-0.3, -0.25) is 4.79 Å². The molecule has 1 heterocycles. The zero-order valence-corrected chi connectivity index (χ0v) is 9.99. The largest absolute Gasteiger partial charge is 0.480 e. The number of carboxylic acid groups (broad SMARTS) is 1. The summed E-state index contributed by atoms with van der Waals surface area (Å²) in [6.07, 6.45) is 2.40. The Balaban J connectivity index is 2.22. The van der Waals surface area contributed by atoms with Crippen LogP contribution in [0.5, 0.6) is 0 Å². The summed E-state index contributed by atoms with van der Waals surface area (Å²) >= 11 is 0. The summed E-state index contributed by atoms with van der Waals surface area (Å²) in [5, 5.41) is 11.8. The fourth-order valence-electron chi connectivity index (χ4n) is 1.96. The van der Waals surface area contributed by atoms with E-state index in [0.29, 0.717) is 5.92 Å². The first-order valence-corrected chi connectivity index (χ1v) is 5.69. The van der Waals surface area contributed by atoms with Crippen LogP contribution in [0.15, 0.2) is 0 Å². The minimum atomic E-state index is -0.762. The highest BCUT2D eigenvalue weighted by Crippen LogP contribution is 2.19. The SMILES string of the molecule is C[C@@H](NCC1CC[N+](C)(C)CC1)C(=O)O. The van der Waals surface area contributed by atoms with E-state index >= 15 is 0 Å². The summed E-state index contributed by atoms with van der Waals surface area (Å²) in [5.74, 6) is -0.111. The van der Waals surface area contributed by atoms with E-state index in [9.17, 15) is 4.79 Å². The number of nitrogens with one attached hydrogen (secondary N) is 1. The average molecular weight is 215 g/mol. The van der Waals surface area contributed by atoms with Crippen molar-refractivity contribution in [3.8, 4) is 0 Å². The summed E-state index contributed by atoms with van der Waals surface area (Å²) in [7, 11) is 4.51. The van der Waals surface area contributed by atoms with Crippen LogP contribution in [0.25, 0.3) is 0 Å². The van der Waals surface area contributed by atoms with Crippen LogP contribution in [0.4, 0.5) is 0 Å². The van der Waals surface area contributed by atoms with Crippen LogP contribution in [-0.2, 0) is 4.79 Å². The number of nitrogens with zero attached hydrogens (tertiary/aromatic N) is 1. The minimum Gasteiger partial charge on any atom is -0.480 e. The Hall–Kier alpha value is -0.610. The predicted octanol–water partition coefficient (Wildman–Crippen LogP) is 0.536. The van der Waals surface area contributed by atoms with Gasteiger partial charge in [-0.2, -0.15) is 0 Å². The maximum atomic E-state index is 10.6. The maximum absolute atomic E-state index is 10.6. The number of carbonyl (C=O) groups is 1. The van der Waals surface area contributed by atoms with Gasteiger partial charge in [0.05, 0.1) is 27.2 Å². The van der Waals surface area contributed by atoms with Crippen molar-refractivity contribution in [2.24, 2.45) is 5.92 Å². The maximum Gasteiger partial charge on any atom is 0.320 e. The molecule has 0 unspecified atom stereocenters. The van der Waals surface area contributed by atoms with Crippen LogP contribution >= 0.6 is 0 Å². The average Bonchev–Trinajstić information content (AvgIpc) is 2.15. The summed E-state index contributed by atoms with van der Waals surface area (Å²) in [4.78, 5) is 10.6. The third kappa shape index (κ3) is 4.18. The number of carboxylic acids is 1. The molecule has 1 aliphatic heterocycles. The van der Waals surface area contributed by atoms with Crippen molar-refractivity contribution >= 4 is 5.97 Å². The van der Waals surface area contributed by atoms with E-state index in [-0.39, 0.29) is 0 Å². The van der Waals surface area contributed by atoms with E-state index in [1.54, 1.807) is 6.92 Å². The third-order valence-electron chi connectivity index (χ3n) is 3.37. The van der Waals surface area contributed by atoms with Gasteiger partial charge < -0.3 is 14.9 Å². The molecule has 1 fully saturated rings. The molecule has 0 saturated carbocycles. The number of piperidine rings is 1. The molecule has 0 aromatic heterocycles. The lowest BCUT2D eigenvalue weighted by atomic mass is 9.95. The molecular formula is C11H23N2O2+. The second-order valence-corrected chi connectivity index (χ2v) is 5.29. The van der Waals surface area contributed by atoms with Gasteiger partial charge in [-0.15, -0.1) is 0 Å². The van der Waals surface area contributed by atoms with Gasteiger partial charge in [0.15, 0.2) is 0 Å². The highest BCUT2D eigenvalue weighted by atomic mass is 16.4. The zero-order valence-electron chi connectivity index (χ0n) is 9.99. The quantitative estimate of drug-likeness (QED) is 0.673. The molecule has 2 N–H and O–H groups in total. The Kier molecular flexibility index (Phi) is 4.11. The summed E-state index contributed by atoms with van der Waals surface area (Å²) in [6.45, 7) is 4.94. The molecule has 0 amide bonds. The van der Waals surface area contributed by atoms with Crippen LogP contribution in [0.2, 0.25) is 0 Å². The topological polar surface area (TPSA) is 49.3 Å². The lowest BCUT2D eigenvalue weighted by Crippen LogP contribution is -2.48. The number of hydrogen-bond donors (Lipinski definition) is 2. The number of likely N-dealkylation sites (tertiary alicyclic amines) is 1. The molecule has 1 aliphatic rings. The van der Waals surface area contributed by atoms with E-state index in [0.717, 1.165) is 11.0 Å². The van der Waals surface area contributed by atoms with Gasteiger partial charge in [0.2, 0.25) is 0 Å². The van der Waals surface area contributed by atoms with Crippen LogP contribution in [0, 0.1) is 5.92 Å². The first kappa shape index (κ1) is 12.5. The van der Waals surface area contributed by atoms with Crippen molar-refractivity contribution < 1.29 is 14.4 Å². The summed E-state index contributed by atoms with van der Waals surface area (Å²) in [6, 6.07) is -0.422. The molecule has 0 bridgehead atoms. The van der Waals surface area contributed by atoms with Gasteiger partial charge in [-0.25, -0.2) is 0 Å². The summed E-state index contributed by atoms with van der Waals surface area (Å²) in [5.41, 5.74) is 0. The van der Waals surface area contributed by atoms with Gasteiger partial charge in [0, 0.05) is 12.8 Å². The molecule has 1 rings (SSSR count). The van der Waals surface area contributed by atoms with E-state index < -0.39 is 12.0 Å². The lowest BCUT2D eigenvalue weighted by Gasteiger charge is -2.37. The third-order valence-corrected chi connectivity index (χ3v) is 3.37. The van der Waals surface area contributed by atoms with Crippen LogP contribution < -0.4 is 5.32 Å². The van der Waals surface area contributed by atoms with Gasteiger partial charge >= 0.3 is 5.97 Å². The molecule has 0 aliphatic carbocycles. The molecule has 1 saturated heterocycles. The van der Waals surface area contributed by atoms with Gasteiger partial charge in [-0.05, 0) is 19.4 Å². The smallest absolute Gasteiger partial charge is 0.320 e. The molecular weight excluding hydrogens is 192 g/mol. The second-order valence-electron chi connectivity index (χ2n) is 5.29. The normalized spacial score (nSPS) is 23.7. The minimum absolute atomic E-state index is 0.422. The predicted molar refractivity (Wildman–Crippen MR) is 59.7 cm³/mol.